The third kappa shape index (κ3) is 5.50. The molecule has 1 amide bonds. The molecule has 2 rings (SSSR count). The van der Waals surface area contributed by atoms with Gasteiger partial charge in [0.25, 0.3) is 5.91 Å². The van der Waals surface area contributed by atoms with Gasteiger partial charge in [0.2, 0.25) is 0 Å². The SMILES string of the molecule is COC(=O)c1ccc(O[C@@H](C)C(=O)NCCc2ccc(F)cc2)c([N+](=O)[O-])c1. The van der Waals surface area contributed by atoms with Crippen LogP contribution in [-0.2, 0) is 16.0 Å². The molecule has 148 valence electrons. The molecule has 1 atom stereocenters. The fourth-order valence-corrected chi connectivity index (χ4v) is 2.37. The lowest BCUT2D eigenvalue weighted by Gasteiger charge is -2.15. The fraction of sp³-hybridized carbons (Fsp3) is 0.263. The van der Waals surface area contributed by atoms with Gasteiger partial charge in [0.05, 0.1) is 17.6 Å². The van der Waals surface area contributed by atoms with Crippen molar-refractivity contribution in [3.8, 4) is 5.75 Å². The van der Waals surface area contributed by atoms with E-state index in [0.29, 0.717) is 13.0 Å². The van der Waals surface area contributed by atoms with Crippen LogP contribution in [0.15, 0.2) is 42.5 Å². The van der Waals surface area contributed by atoms with Crippen LogP contribution in [0.5, 0.6) is 5.75 Å². The van der Waals surface area contributed by atoms with Gasteiger partial charge in [-0.1, -0.05) is 12.1 Å². The minimum Gasteiger partial charge on any atom is -0.474 e. The van der Waals surface area contributed by atoms with E-state index in [0.717, 1.165) is 18.7 Å². The Balaban J connectivity index is 1.97. The minimum atomic E-state index is -1.00. The van der Waals surface area contributed by atoms with Crippen molar-refractivity contribution in [2.75, 3.05) is 13.7 Å². The number of hydrogen-bond acceptors (Lipinski definition) is 6. The van der Waals surface area contributed by atoms with Crippen molar-refractivity contribution in [1.82, 2.24) is 5.32 Å². The van der Waals surface area contributed by atoms with Crippen LogP contribution in [0, 0.1) is 15.9 Å². The van der Waals surface area contributed by atoms with Gasteiger partial charge in [-0.15, -0.1) is 0 Å². The van der Waals surface area contributed by atoms with Crippen LogP contribution in [0.25, 0.3) is 0 Å². The second kappa shape index (κ2) is 9.45. The summed E-state index contributed by atoms with van der Waals surface area (Å²) in [5, 5.41) is 13.9. The van der Waals surface area contributed by atoms with Crippen LogP contribution in [0.2, 0.25) is 0 Å². The van der Waals surface area contributed by atoms with Gasteiger partial charge < -0.3 is 14.8 Å². The lowest BCUT2D eigenvalue weighted by atomic mass is 10.1. The Morgan fingerprint density at radius 2 is 1.89 bits per heavy atom. The van der Waals surface area contributed by atoms with Gasteiger partial charge in [0, 0.05) is 12.6 Å². The van der Waals surface area contributed by atoms with E-state index in [-0.39, 0.29) is 17.1 Å². The Kier molecular flexibility index (Phi) is 7.02. The molecule has 8 nitrogen and oxygen atoms in total. The molecule has 28 heavy (non-hydrogen) atoms. The third-order valence-corrected chi connectivity index (χ3v) is 3.88. The first-order valence-corrected chi connectivity index (χ1v) is 8.37. The topological polar surface area (TPSA) is 108 Å². The molecular weight excluding hydrogens is 371 g/mol. The third-order valence-electron chi connectivity index (χ3n) is 3.88. The molecule has 0 aliphatic rings. The largest absolute Gasteiger partial charge is 0.474 e. The van der Waals surface area contributed by atoms with E-state index in [1.54, 1.807) is 12.1 Å². The summed E-state index contributed by atoms with van der Waals surface area (Å²) in [6.07, 6.45) is -0.511. The summed E-state index contributed by atoms with van der Waals surface area (Å²) in [4.78, 5) is 34.2. The molecular formula is C19H19FN2O6. The normalized spacial score (nSPS) is 11.4. The zero-order chi connectivity index (χ0) is 20.7. The van der Waals surface area contributed by atoms with Crippen LogP contribution in [0.3, 0.4) is 0 Å². The fourth-order valence-electron chi connectivity index (χ4n) is 2.37. The quantitative estimate of drug-likeness (QED) is 0.422. The Hall–Kier alpha value is -3.49. The number of carbonyl (C=O) groups is 2. The van der Waals surface area contributed by atoms with Crippen molar-refractivity contribution in [3.63, 3.8) is 0 Å². The number of nitrogens with one attached hydrogen (secondary N) is 1. The first-order valence-electron chi connectivity index (χ1n) is 8.37. The Morgan fingerprint density at radius 3 is 2.50 bits per heavy atom. The number of benzene rings is 2. The smallest absolute Gasteiger partial charge is 0.338 e. The number of nitrogens with zero attached hydrogens (tertiary/aromatic N) is 1. The predicted octanol–water partition coefficient (Wildman–Crippen LogP) is 2.65. The molecule has 0 aliphatic heterocycles. The Labute approximate surface area is 160 Å². The second-order valence-corrected chi connectivity index (χ2v) is 5.86. The average molecular weight is 390 g/mol. The summed E-state index contributed by atoms with van der Waals surface area (Å²) in [6.45, 7) is 1.74. The van der Waals surface area contributed by atoms with Crippen molar-refractivity contribution < 1.29 is 28.4 Å². The summed E-state index contributed by atoms with van der Waals surface area (Å²) in [6, 6.07) is 9.49. The first-order chi connectivity index (χ1) is 13.3. The number of halogens is 1. The van der Waals surface area contributed by atoms with Crippen LogP contribution in [0.1, 0.15) is 22.8 Å². The van der Waals surface area contributed by atoms with Crippen LogP contribution < -0.4 is 10.1 Å². The number of nitro benzene ring substituents is 1. The van der Waals surface area contributed by atoms with Crippen LogP contribution in [-0.4, -0.2) is 36.6 Å². The number of carbonyl (C=O) groups excluding carboxylic acids is 2. The van der Waals surface area contributed by atoms with E-state index in [4.69, 9.17) is 4.74 Å². The van der Waals surface area contributed by atoms with Gasteiger partial charge in [-0.3, -0.25) is 14.9 Å². The van der Waals surface area contributed by atoms with Crippen molar-refractivity contribution in [2.24, 2.45) is 0 Å². The molecule has 0 aliphatic carbocycles. The van der Waals surface area contributed by atoms with Gasteiger partial charge >= 0.3 is 11.7 Å². The number of amides is 1. The molecule has 2 aromatic carbocycles. The lowest BCUT2D eigenvalue weighted by Crippen LogP contribution is -2.37. The highest BCUT2D eigenvalue weighted by molar-refractivity contribution is 5.90. The second-order valence-electron chi connectivity index (χ2n) is 5.86. The van der Waals surface area contributed by atoms with E-state index in [1.807, 2.05) is 0 Å². The van der Waals surface area contributed by atoms with Gasteiger partial charge in [-0.25, -0.2) is 9.18 Å². The lowest BCUT2D eigenvalue weighted by molar-refractivity contribution is -0.386. The summed E-state index contributed by atoms with van der Waals surface area (Å²) >= 11 is 0. The Bertz CT molecular complexity index is 869. The average Bonchev–Trinajstić information content (AvgIpc) is 2.68. The highest BCUT2D eigenvalue weighted by atomic mass is 19.1. The van der Waals surface area contributed by atoms with Gasteiger partial charge in [-0.05, 0) is 43.2 Å². The number of esters is 1. The summed E-state index contributed by atoms with van der Waals surface area (Å²) in [5.41, 5.74) is 0.399. The highest BCUT2D eigenvalue weighted by Crippen LogP contribution is 2.29. The monoisotopic (exact) mass is 390 g/mol. The number of nitro groups is 1. The summed E-state index contributed by atoms with van der Waals surface area (Å²) in [5.74, 6) is -1.66. The molecule has 0 radical (unpaired) electrons. The van der Waals surface area contributed by atoms with Gasteiger partial charge in [0.15, 0.2) is 11.9 Å². The molecule has 0 saturated heterocycles. The number of methoxy groups -OCH3 is 1. The molecule has 0 spiro atoms. The maximum Gasteiger partial charge on any atom is 0.338 e. The van der Waals surface area contributed by atoms with E-state index in [1.165, 1.54) is 31.2 Å². The van der Waals surface area contributed by atoms with Crippen molar-refractivity contribution in [2.45, 2.75) is 19.4 Å². The zero-order valence-electron chi connectivity index (χ0n) is 15.3. The van der Waals surface area contributed by atoms with Gasteiger partial charge in [-0.2, -0.15) is 0 Å². The first kappa shape index (κ1) is 20.8. The molecule has 0 aromatic heterocycles. The molecule has 0 heterocycles. The van der Waals surface area contributed by atoms with E-state index >= 15 is 0 Å². The number of ether oxygens (including phenoxy) is 2. The van der Waals surface area contributed by atoms with Crippen molar-refractivity contribution in [3.05, 3.63) is 69.5 Å². The molecule has 0 fully saturated rings. The van der Waals surface area contributed by atoms with Gasteiger partial charge in [0.1, 0.15) is 5.82 Å². The van der Waals surface area contributed by atoms with Crippen molar-refractivity contribution in [1.29, 1.82) is 0 Å². The van der Waals surface area contributed by atoms with Crippen LogP contribution in [0.4, 0.5) is 10.1 Å². The van der Waals surface area contributed by atoms with Crippen molar-refractivity contribution >= 4 is 17.6 Å². The summed E-state index contributed by atoms with van der Waals surface area (Å²) in [7, 11) is 1.16. The molecule has 0 bridgehead atoms. The molecule has 0 unspecified atom stereocenters. The van der Waals surface area contributed by atoms with Crippen LogP contribution >= 0.6 is 0 Å². The van der Waals surface area contributed by atoms with E-state index < -0.39 is 28.6 Å². The predicted molar refractivity (Wildman–Crippen MR) is 97.6 cm³/mol. The molecule has 1 N–H and O–H groups in total. The van der Waals surface area contributed by atoms with E-state index in [9.17, 15) is 24.1 Å². The molecule has 2 aromatic rings. The zero-order valence-corrected chi connectivity index (χ0v) is 15.3. The van der Waals surface area contributed by atoms with E-state index in [2.05, 4.69) is 10.1 Å². The maximum absolute atomic E-state index is 12.9. The number of rotatable bonds is 8. The number of hydrogen-bond donors (Lipinski definition) is 1. The maximum atomic E-state index is 12.9. The molecule has 9 heteroatoms. The molecule has 0 saturated carbocycles. The highest BCUT2D eigenvalue weighted by Gasteiger charge is 2.23. The standard InChI is InChI=1S/C19H19FN2O6/c1-12(18(23)21-10-9-13-3-6-15(20)7-4-13)28-17-8-5-14(19(24)27-2)11-16(17)22(25)26/h3-8,11-12H,9-10H2,1-2H3,(H,21,23)/t12-/m0/s1. The summed E-state index contributed by atoms with van der Waals surface area (Å²) < 4.78 is 22.8. The minimum absolute atomic E-state index is 0.00190. The Morgan fingerprint density at radius 1 is 1.21 bits per heavy atom.